The standard InChI is InChI=1S/C18H23FN4O/c1-22(11-14-4-6-16(19)7-5-14)13-17(24)23-10-2-3-15(12-23)18-20-8-9-21-18/h4-9,15H,2-3,10-13H2,1H3,(H,20,21)/t15-/m0/s1. The minimum Gasteiger partial charge on any atom is -0.348 e. The molecule has 0 bridgehead atoms. The lowest BCUT2D eigenvalue weighted by atomic mass is 9.97. The number of rotatable bonds is 5. The Morgan fingerprint density at radius 3 is 2.92 bits per heavy atom. The number of benzene rings is 1. The van der Waals surface area contributed by atoms with E-state index >= 15 is 0 Å². The highest BCUT2D eigenvalue weighted by Crippen LogP contribution is 2.24. The van der Waals surface area contributed by atoms with Crippen LogP contribution in [0.25, 0.3) is 0 Å². The van der Waals surface area contributed by atoms with Crippen molar-refractivity contribution in [2.75, 3.05) is 26.7 Å². The zero-order valence-corrected chi connectivity index (χ0v) is 13.9. The monoisotopic (exact) mass is 330 g/mol. The summed E-state index contributed by atoms with van der Waals surface area (Å²) in [7, 11) is 1.91. The van der Waals surface area contributed by atoms with Crippen molar-refractivity contribution in [1.29, 1.82) is 0 Å². The molecular formula is C18H23FN4O. The number of H-pyrrole nitrogens is 1. The highest BCUT2D eigenvalue weighted by molar-refractivity contribution is 5.78. The van der Waals surface area contributed by atoms with E-state index < -0.39 is 0 Å². The fourth-order valence-electron chi connectivity index (χ4n) is 3.22. The van der Waals surface area contributed by atoms with Gasteiger partial charge in [-0.15, -0.1) is 0 Å². The normalized spacial score (nSPS) is 18.1. The summed E-state index contributed by atoms with van der Waals surface area (Å²) in [5.41, 5.74) is 0.999. The van der Waals surface area contributed by atoms with E-state index in [9.17, 15) is 9.18 Å². The van der Waals surface area contributed by atoms with Crippen molar-refractivity contribution in [2.45, 2.75) is 25.3 Å². The number of halogens is 1. The summed E-state index contributed by atoms with van der Waals surface area (Å²) >= 11 is 0. The zero-order chi connectivity index (χ0) is 16.9. The van der Waals surface area contributed by atoms with Gasteiger partial charge in [0.05, 0.1) is 6.54 Å². The van der Waals surface area contributed by atoms with Gasteiger partial charge in [0.15, 0.2) is 0 Å². The summed E-state index contributed by atoms with van der Waals surface area (Å²) in [6, 6.07) is 6.40. The summed E-state index contributed by atoms with van der Waals surface area (Å²) in [6.07, 6.45) is 5.64. The molecule has 1 aliphatic heterocycles. The van der Waals surface area contributed by atoms with Crippen LogP contribution >= 0.6 is 0 Å². The molecule has 0 aliphatic carbocycles. The number of hydrogen-bond donors (Lipinski definition) is 1. The number of amides is 1. The number of nitrogens with zero attached hydrogens (tertiary/aromatic N) is 3. The molecule has 2 aromatic rings. The number of likely N-dealkylation sites (N-methyl/N-ethyl adjacent to an activating group) is 1. The fourth-order valence-corrected chi connectivity index (χ4v) is 3.22. The number of likely N-dealkylation sites (tertiary alicyclic amines) is 1. The third-order valence-electron chi connectivity index (χ3n) is 4.45. The van der Waals surface area contributed by atoms with E-state index in [0.717, 1.165) is 37.3 Å². The van der Waals surface area contributed by atoms with E-state index in [0.29, 0.717) is 19.0 Å². The number of imidazole rings is 1. The van der Waals surface area contributed by atoms with Gasteiger partial charge in [-0.2, -0.15) is 0 Å². The molecule has 128 valence electrons. The molecule has 0 unspecified atom stereocenters. The van der Waals surface area contributed by atoms with Crippen LogP contribution in [0.15, 0.2) is 36.7 Å². The molecule has 1 saturated heterocycles. The summed E-state index contributed by atoms with van der Waals surface area (Å²) < 4.78 is 12.9. The van der Waals surface area contributed by atoms with Gasteiger partial charge in [-0.3, -0.25) is 9.69 Å². The minimum absolute atomic E-state index is 0.135. The van der Waals surface area contributed by atoms with Gasteiger partial charge >= 0.3 is 0 Å². The van der Waals surface area contributed by atoms with Crippen LogP contribution in [0.3, 0.4) is 0 Å². The van der Waals surface area contributed by atoms with Crippen molar-refractivity contribution in [3.05, 3.63) is 53.9 Å². The molecule has 1 aromatic heterocycles. The van der Waals surface area contributed by atoms with Gasteiger partial charge in [0.1, 0.15) is 11.6 Å². The molecule has 5 nitrogen and oxygen atoms in total. The minimum atomic E-state index is -0.241. The number of aromatic nitrogens is 2. The van der Waals surface area contributed by atoms with Gasteiger partial charge in [-0.1, -0.05) is 12.1 Å². The maximum Gasteiger partial charge on any atom is 0.236 e. The molecule has 1 aromatic carbocycles. The Labute approximate surface area is 141 Å². The molecule has 1 amide bonds. The van der Waals surface area contributed by atoms with Gasteiger partial charge in [0, 0.05) is 37.9 Å². The predicted octanol–water partition coefficient (Wildman–Crippen LogP) is 2.39. The number of nitrogens with one attached hydrogen (secondary N) is 1. The van der Waals surface area contributed by atoms with E-state index in [1.165, 1.54) is 12.1 Å². The average Bonchev–Trinajstić information content (AvgIpc) is 3.11. The van der Waals surface area contributed by atoms with E-state index in [4.69, 9.17) is 0 Å². The highest BCUT2D eigenvalue weighted by atomic mass is 19.1. The first kappa shape index (κ1) is 16.6. The molecule has 0 saturated carbocycles. The SMILES string of the molecule is CN(CC(=O)N1CCC[C@H](c2ncc[nH]2)C1)Cc1ccc(F)cc1. The Kier molecular flexibility index (Phi) is 5.25. The predicted molar refractivity (Wildman–Crippen MR) is 89.9 cm³/mol. The summed E-state index contributed by atoms with van der Waals surface area (Å²) in [4.78, 5) is 23.9. The smallest absolute Gasteiger partial charge is 0.236 e. The Bertz CT molecular complexity index is 656. The first-order valence-electron chi connectivity index (χ1n) is 8.32. The number of piperidine rings is 1. The Hall–Kier alpha value is -2.21. The lowest BCUT2D eigenvalue weighted by molar-refractivity contribution is -0.133. The van der Waals surface area contributed by atoms with Gasteiger partial charge in [0.2, 0.25) is 5.91 Å². The van der Waals surface area contributed by atoms with Gasteiger partial charge in [-0.25, -0.2) is 9.37 Å². The van der Waals surface area contributed by atoms with Crippen molar-refractivity contribution < 1.29 is 9.18 Å². The third-order valence-corrected chi connectivity index (χ3v) is 4.45. The molecule has 1 atom stereocenters. The van der Waals surface area contributed by atoms with Crippen LogP contribution in [0, 0.1) is 5.82 Å². The summed E-state index contributed by atoms with van der Waals surface area (Å²) in [5, 5.41) is 0. The van der Waals surface area contributed by atoms with Crippen LogP contribution in [0.4, 0.5) is 4.39 Å². The first-order valence-corrected chi connectivity index (χ1v) is 8.32. The van der Waals surface area contributed by atoms with Crippen molar-refractivity contribution in [3.8, 4) is 0 Å². The summed E-state index contributed by atoms with van der Waals surface area (Å²) in [5.74, 6) is 1.15. The van der Waals surface area contributed by atoms with Crippen LogP contribution in [0.1, 0.15) is 30.1 Å². The van der Waals surface area contributed by atoms with Crippen molar-refractivity contribution in [3.63, 3.8) is 0 Å². The highest BCUT2D eigenvalue weighted by Gasteiger charge is 2.26. The molecule has 1 fully saturated rings. The molecule has 1 N–H and O–H groups in total. The van der Waals surface area contributed by atoms with Crippen LogP contribution in [-0.4, -0.2) is 52.4 Å². The van der Waals surface area contributed by atoms with Crippen LogP contribution in [-0.2, 0) is 11.3 Å². The summed E-state index contributed by atoms with van der Waals surface area (Å²) in [6.45, 7) is 2.51. The number of carbonyl (C=O) groups excluding carboxylic acids is 1. The van der Waals surface area contributed by atoms with Gasteiger partial charge in [0.25, 0.3) is 0 Å². The fraction of sp³-hybridized carbons (Fsp3) is 0.444. The van der Waals surface area contributed by atoms with Gasteiger partial charge in [-0.05, 0) is 37.6 Å². The Morgan fingerprint density at radius 1 is 1.42 bits per heavy atom. The molecule has 2 heterocycles. The van der Waals surface area contributed by atoms with Crippen molar-refractivity contribution >= 4 is 5.91 Å². The lowest BCUT2D eigenvalue weighted by Gasteiger charge is -2.33. The molecule has 0 spiro atoms. The second-order valence-corrected chi connectivity index (χ2v) is 6.45. The van der Waals surface area contributed by atoms with Crippen LogP contribution in [0.2, 0.25) is 0 Å². The maximum absolute atomic E-state index is 12.9. The second-order valence-electron chi connectivity index (χ2n) is 6.45. The number of aromatic amines is 1. The zero-order valence-electron chi connectivity index (χ0n) is 13.9. The van der Waals surface area contributed by atoms with Gasteiger partial charge < -0.3 is 9.88 Å². The Morgan fingerprint density at radius 2 is 2.21 bits per heavy atom. The quantitative estimate of drug-likeness (QED) is 0.916. The molecule has 1 aliphatic rings. The first-order chi connectivity index (χ1) is 11.6. The molecule has 3 rings (SSSR count). The topological polar surface area (TPSA) is 52.2 Å². The Balaban J connectivity index is 1.53. The lowest BCUT2D eigenvalue weighted by Crippen LogP contribution is -2.43. The molecule has 24 heavy (non-hydrogen) atoms. The van der Waals surface area contributed by atoms with Crippen molar-refractivity contribution in [2.24, 2.45) is 0 Å². The van der Waals surface area contributed by atoms with Crippen LogP contribution in [0.5, 0.6) is 0 Å². The van der Waals surface area contributed by atoms with E-state index in [1.54, 1.807) is 18.3 Å². The average molecular weight is 330 g/mol. The molecule has 0 radical (unpaired) electrons. The number of carbonyl (C=O) groups is 1. The largest absolute Gasteiger partial charge is 0.348 e. The number of hydrogen-bond acceptors (Lipinski definition) is 3. The molecular weight excluding hydrogens is 307 g/mol. The molecule has 6 heteroatoms. The second kappa shape index (κ2) is 7.57. The van der Waals surface area contributed by atoms with E-state index in [-0.39, 0.29) is 11.7 Å². The van der Waals surface area contributed by atoms with Crippen LogP contribution < -0.4 is 0 Å². The van der Waals surface area contributed by atoms with Crippen molar-refractivity contribution in [1.82, 2.24) is 19.8 Å². The maximum atomic E-state index is 12.9. The third kappa shape index (κ3) is 4.20. The van der Waals surface area contributed by atoms with E-state index in [2.05, 4.69) is 9.97 Å². The van der Waals surface area contributed by atoms with E-state index in [1.807, 2.05) is 23.0 Å².